The van der Waals surface area contributed by atoms with Crippen molar-refractivity contribution in [2.75, 3.05) is 13.2 Å². The van der Waals surface area contributed by atoms with E-state index in [2.05, 4.69) is 29.1 Å². The van der Waals surface area contributed by atoms with E-state index in [4.69, 9.17) is 4.74 Å². The van der Waals surface area contributed by atoms with Crippen LogP contribution in [0.3, 0.4) is 0 Å². The summed E-state index contributed by atoms with van der Waals surface area (Å²) >= 11 is 0. The molecule has 1 aromatic rings. The van der Waals surface area contributed by atoms with Gasteiger partial charge in [-0.2, -0.15) is 0 Å². The number of hydrogen-bond acceptors (Lipinski definition) is 4. The number of ether oxygens (including phenoxy) is 1. The van der Waals surface area contributed by atoms with Crippen molar-refractivity contribution in [1.29, 1.82) is 0 Å². The zero-order valence-electron chi connectivity index (χ0n) is 9.99. The molecule has 0 spiro atoms. The largest absolute Gasteiger partial charge is 0.470 e. The molecule has 0 saturated heterocycles. The first-order valence-electron chi connectivity index (χ1n) is 5.50. The highest BCUT2D eigenvalue weighted by Crippen LogP contribution is 2.05. The molecule has 0 aliphatic heterocycles. The van der Waals surface area contributed by atoms with Crippen LogP contribution in [0.1, 0.15) is 19.5 Å². The molecule has 0 amide bonds. The lowest BCUT2D eigenvalue weighted by molar-refractivity contribution is 0.0793. The van der Waals surface area contributed by atoms with E-state index in [9.17, 15) is 8.78 Å². The Hall–Kier alpha value is -1.30. The normalized spacial score (nSPS) is 11.2. The molecule has 0 fully saturated rings. The molecule has 0 bridgehead atoms. The molecule has 1 aromatic heterocycles. The van der Waals surface area contributed by atoms with Crippen LogP contribution < -0.4 is 10.1 Å². The van der Waals surface area contributed by atoms with Gasteiger partial charge in [-0.15, -0.1) is 0 Å². The van der Waals surface area contributed by atoms with Crippen LogP contribution in [-0.2, 0) is 6.54 Å². The second-order valence-electron chi connectivity index (χ2n) is 4.07. The quantitative estimate of drug-likeness (QED) is 0.796. The Labute approximate surface area is 99.4 Å². The molecule has 6 heteroatoms. The number of alkyl halides is 2. The van der Waals surface area contributed by atoms with Crippen molar-refractivity contribution in [2.45, 2.75) is 26.8 Å². The maximum atomic E-state index is 11.9. The molecule has 1 rings (SSSR count). The number of nitrogens with zero attached hydrogens (tertiary/aromatic N) is 2. The van der Waals surface area contributed by atoms with Crippen LogP contribution in [-0.4, -0.2) is 29.5 Å². The fourth-order valence-corrected chi connectivity index (χ4v) is 1.15. The summed E-state index contributed by atoms with van der Waals surface area (Å²) in [7, 11) is 0. The van der Waals surface area contributed by atoms with Gasteiger partial charge in [0.25, 0.3) is 6.43 Å². The predicted molar refractivity (Wildman–Crippen MR) is 60.1 cm³/mol. The number of halogens is 2. The molecule has 0 aromatic carbocycles. The van der Waals surface area contributed by atoms with Crippen LogP contribution in [0.15, 0.2) is 12.4 Å². The van der Waals surface area contributed by atoms with Gasteiger partial charge in [-0.1, -0.05) is 13.8 Å². The second kappa shape index (κ2) is 7.11. The molecule has 0 aliphatic rings. The molecule has 0 radical (unpaired) electrons. The van der Waals surface area contributed by atoms with Gasteiger partial charge < -0.3 is 10.1 Å². The molecule has 96 valence electrons. The van der Waals surface area contributed by atoms with E-state index in [1.165, 1.54) is 12.4 Å². The minimum absolute atomic E-state index is 0.123. The lowest BCUT2D eigenvalue weighted by atomic mass is 10.2. The van der Waals surface area contributed by atoms with E-state index in [1.807, 2.05) is 0 Å². The van der Waals surface area contributed by atoms with E-state index >= 15 is 0 Å². The molecule has 1 N–H and O–H groups in total. The monoisotopic (exact) mass is 245 g/mol. The molecular weight excluding hydrogens is 228 g/mol. The van der Waals surface area contributed by atoms with Crippen LogP contribution in [0.2, 0.25) is 0 Å². The minimum Gasteiger partial charge on any atom is -0.470 e. The van der Waals surface area contributed by atoms with E-state index in [-0.39, 0.29) is 5.88 Å². The summed E-state index contributed by atoms with van der Waals surface area (Å²) in [5, 5.41) is 3.21. The lowest BCUT2D eigenvalue weighted by Crippen LogP contribution is -2.19. The van der Waals surface area contributed by atoms with Crippen molar-refractivity contribution in [3.8, 4) is 5.88 Å². The summed E-state index contributed by atoms with van der Waals surface area (Å²) in [5.41, 5.74) is 0.759. The van der Waals surface area contributed by atoms with Gasteiger partial charge in [0.2, 0.25) is 5.88 Å². The Balaban J connectivity index is 2.34. The lowest BCUT2D eigenvalue weighted by Gasteiger charge is -2.07. The minimum atomic E-state index is -2.50. The van der Waals surface area contributed by atoms with Gasteiger partial charge >= 0.3 is 0 Å². The van der Waals surface area contributed by atoms with Gasteiger partial charge in [0.15, 0.2) is 6.61 Å². The summed E-state index contributed by atoms with van der Waals surface area (Å²) in [5.74, 6) is 0.689. The SMILES string of the molecule is CC(C)CNCc1cnc(OCC(F)F)cn1. The summed E-state index contributed by atoms with van der Waals surface area (Å²) in [6.45, 7) is 5.07. The van der Waals surface area contributed by atoms with Crippen LogP contribution in [0.4, 0.5) is 8.78 Å². The smallest absolute Gasteiger partial charge is 0.272 e. The van der Waals surface area contributed by atoms with Crippen molar-refractivity contribution in [2.24, 2.45) is 5.92 Å². The van der Waals surface area contributed by atoms with Gasteiger partial charge in [0.1, 0.15) is 0 Å². The molecule has 0 saturated carbocycles. The first kappa shape index (κ1) is 13.8. The van der Waals surface area contributed by atoms with E-state index in [0.717, 1.165) is 12.2 Å². The van der Waals surface area contributed by atoms with Gasteiger partial charge in [-0.3, -0.25) is 4.98 Å². The van der Waals surface area contributed by atoms with E-state index in [1.54, 1.807) is 0 Å². The van der Waals surface area contributed by atoms with Crippen LogP contribution in [0.25, 0.3) is 0 Å². The molecule has 0 atom stereocenters. The first-order chi connectivity index (χ1) is 8.08. The summed E-state index contributed by atoms with van der Waals surface area (Å²) in [6.07, 6.45) is 0.382. The van der Waals surface area contributed by atoms with Gasteiger partial charge in [-0.05, 0) is 12.5 Å². The zero-order valence-corrected chi connectivity index (χ0v) is 9.99. The highest BCUT2D eigenvalue weighted by Gasteiger charge is 2.04. The standard InChI is InChI=1S/C11H17F2N3O/c1-8(2)3-14-4-9-5-16-11(6-15-9)17-7-10(12)13/h5-6,8,10,14H,3-4,7H2,1-2H3. The molecular formula is C11H17F2N3O. The fourth-order valence-electron chi connectivity index (χ4n) is 1.15. The van der Waals surface area contributed by atoms with E-state index in [0.29, 0.717) is 12.5 Å². The highest BCUT2D eigenvalue weighted by molar-refractivity contribution is 5.07. The van der Waals surface area contributed by atoms with Gasteiger partial charge in [-0.25, -0.2) is 13.8 Å². The third kappa shape index (κ3) is 6.11. The fraction of sp³-hybridized carbons (Fsp3) is 0.636. The topological polar surface area (TPSA) is 47.0 Å². The summed E-state index contributed by atoms with van der Waals surface area (Å²) in [6, 6.07) is 0. The Morgan fingerprint density at radius 3 is 2.59 bits per heavy atom. The Kier molecular flexibility index (Phi) is 5.76. The average molecular weight is 245 g/mol. The molecule has 4 nitrogen and oxygen atoms in total. The number of aromatic nitrogens is 2. The average Bonchev–Trinajstić information content (AvgIpc) is 2.27. The highest BCUT2D eigenvalue weighted by atomic mass is 19.3. The molecule has 0 aliphatic carbocycles. The van der Waals surface area contributed by atoms with Crippen LogP contribution in [0, 0.1) is 5.92 Å². The third-order valence-corrected chi connectivity index (χ3v) is 1.90. The van der Waals surface area contributed by atoms with Crippen molar-refractivity contribution < 1.29 is 13.5 Å². The zero-order chi connectivity index (χ0) is 12.7. The summed E-state index contributed by atoms with van der Waals surface area (Å²) < 4.78 is 28.4. The maximum Gasteiger partial charge on any atom is 0.272 e. The van der Waals surface area contributed by atoms with Gasteiger partial charge in [0, 0.05) is 6.54 Å². The van der Waals surface area contributed by atoms with Crippen molar-refractivity contribution in [1.82, 2.24) is 15.3 Å². The van der Waals surface area contributed by atoms with Gasteiger partial charge in [0.05, 0.1) is 18.1 Å². The maximum absolute atomic E-state index is 11.9. The predicted octanol–water partition coefficient (Wildman–Crippen LogP) is 1.87. The first-order valence-corrected chi connectivity index (χ1v) is 5.50. The summed E-state index contributed by atoms with van der Waals surface area (Å²) in [4.78, 5) is 7.95. The van der Waals surface area contributed by atoms with Crippen molar-refractivity contribution in [3.05, 3.63) is 18.1 Å². The Bertz CT molecular complexity index is 317. The van der Waals surface area contributed by atoms with E-state index < -0.39 is 13.0 Å². The molecule has 17 heavy (non-hydrogen) atoms. The number of nitrogens with one attached hydrogen (secondary N) is 1. The number of rotatable bonds is 7. The van der Waals surface area contributed by atoms with Crippen molar-refractivity contribution >= 4 is 0 Å². The Morgan fingerprint density at radius 1 is 1.29 bits per heavy atom. The molecule has 0 unspecified atom stereocenters. The molecule has 1 heterocycles. The second-order valence-corrected chi connectivity index (χ2v) is 4.07. The van der Waals surface area contributed by atoms with Crippen molar-refractivity contribution in [3.63, 3.8) is 0 Å². The van der Waals surface area contributed by atoms with Crippen LogP contribution >= 0.6 is 0 Å². The third-order valence-electron chi connectivity index (χ3n) is 1.90. The van der Waals surface area contributed by atoms with Crippen LogP contribution in [0.5, 0.6) is 5.88 Å². The number of hydrogen-bond donors (Lipinski definition) is 1. The Morgan fingerprint density at radius 2 is 2.06 bits per heavy atom.